The van der Waals surface area contributed by atoms with Crippen molar-refractivity contribution in [1.29, 1.82) is 0 Å². The smallest absolute Gasteiger partial charge is 0.204 e. The minimum absolute atomic E-state index is 0.0124. The number of nitrogens with one attached hydrogen (secondary N) is 2. The Bertz CT molecular complexity index is 1840. The highest BCUT2D eigenvalue weighted by Crippen LogP contribution is 2.38. The van der Waals surface area contributed by atoms with Gasteiger partial charge in [-0.3, -0.25) is 0 Å². The van der Waals surface area contributed by atoms with Gasteiger partial charge in [0, 0.05) is 29.4 Å². The zero-order chi connectivity index (χ0) is 31.0. The van der Waals surface area contributed by atoms with E-state index in [1.54, 1.807) is 4.68 Å². The van der Waals surface area contributed by atoms with E-state index in [2.05, 4.69) is 25.7 Å². The van der Waals surface area contributed by atoms with Crippen molar-refractivity contribution in [3.63, 3.8) is 0 Å². The number of ether oxygens (including phenoxy) is 1. The van der Waals surface area contributed by atoms with Gasteiger partial charge in [0.1, 0.15) is 29.4 Å². The molecule has 44 heavy (non-hydrogen) atoms. The lowest BCUT2D eigenvalue weighted by Crippen LogP contribution is -2.40. The summed E-state index contributed by atoms with van der Waals surface area (Å²) >= 11 is 5.47. The van der Waals surface area contributed by atoms with E-state index >= 15 is 4.39 Å². The molecule has 0 amide bonds. The van der Waals surface area contributed by atoms with Gasteiger partial charge in [0.05, 0.1) is 11.4 Å². The van der Waals surface area contributed by atoms with E-state index in [0.717, 1.165) is 37.4 Å². The SMILES string of the molecule is Nc1ncnc2c1c(-c1ccc(Oc3c(F)c(F)cc(F)c3F)cc1F)nn2C1CCC(NC(=S)Nc2ccccc2)CC1. The minimum Gasteiger partial charge on any atom is -0.451 e. The molecule has 3 aromatic carbocycles. The maximum absolute atomic E-state index is 15.5. The van der Waals surface area contributed by atoms with E-state index in [0.29, 0.717) is 16.1 Å². The second-order valence-corrected chi connectivity index (χ2v) is 10.7. The van der Waals surface area contributed by atoms with Crippen molar-refractivity contribution in [3.8, 4) is 22.8 Å². The molecule has 0 radical (unpaired) electrons. The Morgan fingerprint density at radius 2 is 1.59 bits per heavy atom. The van der Waals surface area contributed by atoms with Crippen molar-refractivity contribution in [2.75, 3.05) is 11.1 Å². The van der Waals surface area contributed by atoms with Crippen molar-refractivity contribution >= 4 is 39.9 Å². The number of hydrogen-bond acceptors (Lipinski definition) is 6. The molecule has 5 aromatic rings. The van der Waals surface area contributed by atoms with Crippen molar-refractivity contribution in [2.45, 2.75) is 37.8 Å². The number of fused-ring (bicyclic) bond motifs is 1. The number of thiocarbonyl (C=S) groups is 1. The van der Waals surface area contributed by atoms with E-state index in [4.69, 9.17) is 22.7 Å². The second kappa shape index (κ2) is 12.0. The van der Waals surface area contributed by atoms with Crippen LogP contribution in [-0.4, -0.2) is 30.9 Å². The average molecular weight is 626 g/mol. The van der Waals surface area contributed by atoms with Crippen LogP contribution in [0.4, 0.5) is 33.5 Å². The Morgan fingerprint density at radius 1 is 0.886 bits per heavy atom. The van der Waals surface area contributed by atoms with Crippen LogP contribution in [-0.2, 0) is 0 Å². The zero-order valence-corrected chi connectivity index (χ0v) is 23.6. The van der Waals surface area contributed by atoms with Gasteiger partial charge >= 0.3 is 0 Å². The minimum atomic E-state index is -1.75. The monoisotopic (exact) mass is 625 g/mol. The van der Waals surface area contributed by atoms with Crippen LogP contribution in [0.5, 0.6) is 11.5 Å². The third kappa shape index (κ3) is 5.72. The van der Waals surface area contributed by atoms with Crippen molar-refractivity contribution < 1.29 is 26.7 Å². The maximum atomic E-state index is 15.5. The van der Waals surface area contributed by atoms with Crippen molar-refractivity contribution in [3.05, 3.63) is 90.0 Å². The Hall–Kier alpha value is -4.85. The number of halogens is 5. The van der Waals surface area contributed by atoms with E-state index in [1.165, 1.54) is 18.5 Å². The van der Waals surface area contributed by atoms with Gasteiger partial charge < -0.3 is 21.1 Å². The molecule has 226 valence electrons. The molecule has 0 unspecified atom stereocenters. The number of benzene rings is 3. The summed E-state index contributed by atoms with van der Waals surface area (Å²) in [6.07, 6.45) is 4.32. The van der Waals surface area contributed by atoms with Gasteiger partial charge in [0.25, 0.3) is 0 Å². The lowest BCUT2D eigenvalue weighted by atomic mass is 9.91. The van der Waals surface area contributed by atoms with Crippen LogP contribution in [0.25, 0.3) is 22.3 Å². The summed E-state index contributed by atoms with van der Waals surface area (Å²) < 4.78 is 77.6. The molecule has 1 saturated carbocycles. The van der Waals surface area contributed by atoms with Crippen LogP contribution in [0.3, 0.4) is 0 Å². The molecule has 1 aliphatic carbocycles. The quantitative estimate of drug-likeness (QED) is 0.105. The van der Waals surface area contributed by atoms with Crippen LogP contribution in [0.1, 0.15) is 31.7 Å². The molecule has 1 aliphatic rings. The molecule has 4 N–H and O–H groups in total. The first kappa shape index (κ1) is 29.2. The number of rotatable bonds is 6. The number of nitrogen functional groups attached to an aromatic ring is 1. The number of para-hydroxylation sites is 1. The molecule has 0 bridgehead atoms. The summed E-state index contributed by atoms with van der Waals surface area (Å²) in [5, 5.41) is 12.1. The Balaban J connectivity index is 1.23. The highest BCUT2D eigenvalue weighted by Gasteiger charge is 2.28. The second-order valence-electron chi connectivity index (χ2n) is 10.3. The third-order valence-corrected chi connectivity index (χ3v) is 7.63. The third-order valence-electron chi connectivity index (χ3n) is 7.41. The number of hydrogen-bond donors (Lipinski definition) is 3. The first-order valence-electron chi connectivity index (χ1n) is 13.6. The summed E-state index contributed by atoms with van der Waals surface area (Å²) in [4.78, 5) is 8.43. The summed E-state index contributed by atoms with van der Waals surface area (Å²) in [7, 11) is 0. The number of nitrogens with zero attached hydrogens (tertiary/aromatic N) is 4. The van der Waals surface area contributed by atoms with E-state index in [9.17, 15) is 17.6 Å². The lowest BCUT2D eigenvalue weighted by molar-refractivity contribution is 0.298. The Labute approximate surface area is 253 Å². The number of nitrogens with two attached hydrogens (primary N) is 1. The van der Waals surface area contributed by atoms with Gasteiger partial charge in [-0.2, -0.15) is 13.9 Å². The Kier molecular flexibility index (Phi) is 7.99. The average Bonchev–Trinajstić information content (AvgIpc) is 3.40. The van der Waals surface area contributed by atoms with Gasteiger partial charge in [0.15, 0.2) is 22.4 Å². The van der Waals surface area contributed by atoms with Crippen LogP contribution < -0.4 is 21.1 Å². The molecule has 0 spiro atoms. The van der Waals surface area contributed by atoms with Gasteiger partial charge in [-0.1, -0.05) is 18.2 Å². The molecule has 0 atom stereocenters. The van der Waals surface area contributed by atoms with E-state index in [-0.39, 0.29) is 35.2 Å². The molecule has 0 aliphatic heterocycles. The van der Waals surface area contributed by atoms with Gasteiger partial charge in [-0.05, 0) is 62.2 Å². The lowest BCUT2D eigenvalue weighted by Gasteiger charge is -2.30. The standard InChI is InChI=1S/C30H24F5N7OS/c31-20-12-18(43-27-24(34)21(32)13-22(33)25(27)35)10-11-19(20)26-23-28(36)37-14-38-29(23)42(41-26)17-8-6-16(7-9-17)40-30(44)39-15-4-2-1-3-5-15/h1-5,10-14,16-17H,6-9H2,(H2,36,37,38)(H2,39,40,44). The largest absolute Gasteiger partial charge is 0.451 e. The van der Waals surface area contributed by atoms with Gasteiger partial charge in [0.2, 0.25) is 17.4 Å². The zero-order valence-electron chi connectivity index (χ0n) is 22.8. The molecule has 1 fully saturated rings. The molecule has 8 nitrogen and oxygen atoms in total. The highest BCUT2D eigenvalue weighted by atomic mass is 32.1. The summed E-state index contributed by atoms with van der Waals surface area (Å²) in [5.41, 5.74) is 7.64. The molecular weight excluding hydrogens is 601 g/mol. The predicted octanol–water partition coefficient (Wildman–Crippen LogP) is 7.03. The van der Waals surface area contributed by atoms with Crippen LogP contribution in [0.2, 0.25) is 0 Å². The predicted molar refractivity (Wildman–Crippen MR) is 159 cm³/mol. The molecule has 2 aromatic heterocycles. The van der Waals surface area contributed by atoms with Crippen LogP contribution >= 0.6 is 12.2 Å². The summed E-state index contributed by atoms with van der Waals surface area (Å²) in [6, 6.07) is 13.0. The first-order chi connectivity index (χ1) is 21.2. The summed E-state index contributed by atoms with van der Waals surface area (Å²) in [6.45, 7) is 0. The fourth-order valence-corrected chi connectivity index (χ4v) is 5.57. The molecular formula is C30H24F5N7OS. The molecule has 14 heteroatoms. The first-order valence-corrected chi connectivity index (χ1v) is 14.0. The number of anilines is 2. The molecule has 2 heterocycles. The van der Waals surface area contributed by atoms with Crippen LogP contribution in [0.15, 0.2) is 60.9 Å². The topological polar surface area (TPSA) is 103 Å². The number of aromatic nitrogens is 4. The normalized spacial score (nSPS) is 16.6. The van der Waals surface area contributed by atoms with Crippen molar-refractivity contribution in [2.24, 2.45) is 0 Å². The van der Waals surface area contributed by atoms with Gasteiger partial charge in [-0.25, -0.2) is 27.8 Å². The van der Waals surface area contributed by atoms with E-state index < -0.39 is 40.6 Å². The van der Waals surface area contributed by atoms with Crippen molar-refractivity contribution in [1.82, 2.24) is 25.1 Å². The summed E-state index contributed by atoms with van der Waals surface area (Å²) in [5.74, 6) is -9.33. The molecule has 0 saturated heterocycles. The van der Waals surface area contributed by atoms with Crippen LogP contribution in [0, 0.1) is 29.1 Å². The fraction of sp³-hybridized carbons (Fsp3) is 0.200. The maximum Gasteiger partial charge on any atom is 0.204 e. The fourth-order valence-electron chi connectivity index (χ4n) is 5.29. The Morgan fingerprint density at radius 3 is 2.27 bits per heavy atom. The van der Waals surface area contributed by atoms with E-state index in [1.807, 2.05) is 30.3 Å². The molecule has 6 rings (SSSR count). The van der Waals surface area contributed by atoms with Gasteiger partial charge in [-0.15, -0.1) is 0 Å². The highest BCUT2D eigenvalue weighted by molar-refractivity contribution is 7.80.